The fourth-order valence-electron chi connectivity index (χ4n) is 2.41. The Balaban J connectivity index is 2.79. The van der Waals surface area contributed by atoms with E-state index in [1.54, 1.807) is 20.8 Å². The number of anilines is 2. The first-order valence-electron chi connectivity index (χ1n) is 9.53. The molecule has 3 amide bonds. The highest BCUT2D eigenvalue weighted by molar-refractivity contribution is 5.98. The van der Waals surface area contributed by atoms with Gasteiger partial charge in [-0.3, -0.25) is 14.9 Å². The van der Waals surface area contributed by atoms with E-state index in [9.17, 15) is 27.6 Å². The van der Waals surface area contributed by atoms with Crippen LogP contribution < -0.4 is 16.0 Å². The minimum absolute atomic E-state index is 0.00346. The van der Waals surface area contributed by atoms with Crippen LogP contribution in [-0.4, -0.2) is 30.1 Å². The van der Waals surface area contributed by atoms with Gasteiger partial charge in [-0.05, 0) is 51.8 Å². The van der Waals surface area contributed by atoms with E-state index in [2.05, 4.69) is 16.0 Å². The summed E-state index contributed by atoms with van der Waals surface area (Å²) in [7, 11) is 0. The number of hydrogen-bond donors (Lipinski definition) is 3. The van der Waals surface area contributed by atoms with Gasteiger partial charge in [0.25, 0.3) is 0 Å². The van der Waals surface area contributed by atoms with Gasteiger partial charge in [-0.1, -0.05) is 6.42 Å². The summed E-state index contributed by atoms with van der Waals surface area (Å²) in [6.45, 7) is 6.84. The number of carbonyl (C=O) groups is 3. The maximum atomic E-state index is 13.0. The van der Waals surface area contributed by atoms with Crippen LogP contribution in [0.4, 0.5) is 29.3 Å². The molecular formula is C20H28F3N3O4. The van der Waals surface area contributed by atoms with Crippen molar-refractivity contribution in [1.82, 2.24) is 5.32 Å². The molecule has 0 atom stereocenters. The molecule has 0 radical (unpaired) electrons. The number of hydrogen-bond acceptors (Lipinski definition) is 4. The van der Waals surface area contributed by atoms with Crippen molar-refractivity contribution in [1.29, 1.82) is 0 Å². The largest absolute Gasteiger partial charge is 0.444 e. The fourth-order valence-corrected chi connectivity index (χ4v) is 2.41. The highest BCUT2D eigenvalue weighted by Gasteiger charge is 2.31. The van der Waals surface area contributed by atoms with Crippen molar-refractivity contribution in [3.8, 4) is 0 Å². The number of carbonyl (C=O) groups excluding carboxylic acids is 3. The van der Waals surface area contributed by atoms with E-state index >= 15 is 0 Å². The number of nitrogens with one attached hydrogen (secondary N) is 3. The van der Waals surface area contributed by atoms with E-state index in [0.29, 0.717) is 25.8 Å². The molecule has 0 bridgehead atoms. The molecule has 1 aromatic carbocycles. The van der Waals surface area contributed by atoms with Crippen molar-refractivity contribution < 1.29 is 32.3 Å². The minimum Gasteiger partial charge on any atom is -0.444 e. The number of benzene rings is 1. The number of unbranched alkanes of at least 4 members (excludes halogenated alkanes) is 2. The summed E-state index contributed by atoms with van der Waals surface area (Å²) in [5.74, 6) is -0.622. The van der Waals surface area contributed by atoms with Gasteiger partial charge in [0.15, 0.2) is 0 Å². The first kappa shape index (κ1) is 25.3. The third-order valence-electron chi connectivity index (χ3n) is 3.71. The maximum absolute atomic E-state index is 13.0. The van der Waals surface area contributed by atoms with Crippen LogP contribution in [0.25, 0.3) is 0 Å². The molecule has 0 fully saturated rings. The van der Waals surface area contributed by atoms with E-state index < -0.39 is 29.3 Å². The average Bonchev–Trinajstić information content (AvgIpc) is 2.56. The second-order valence-electron chi connectivity index (χ2n) is 7.73. The standard InChI is InChI=1S/C20H28F3N3O4/c1-13(27)24-11-7-5-6-8-17(28)25-16-12-14(20(21,22)23)9-10-15(16)26-18(29)30-19(2,3)4/h9-10,12H,5-8,11H2,1-4H3,(H,24,27)(H,25,28)(H,26,29). The number of alkyl halides is 3. The van der Waals surface area contributed by atoms with Crippen LogP contribution >= 0.6 is 0 Å². The summed E-state index contributed by atoms with van der Waals surface area (Å²) in [5, 5.41) is 7.42. The summed E-state index contributed by atoms with van der Waals surface area (Å²) in [6.07, 6.45) is -3.52. The van der Waals surface area contributed by atoms with Gasteiger partial charge in [0.2, 0.25) is 11.8 Å². The van der Waals surface area contributed by atoms with Crippen LogP contribution in [0.1, 0.15) is 58.9 Å². The Morgan fingerprint density at radius 2 is 1.63 bits per heavy atom. The Kier molecular flexibility index (Phi) is 9.13. The van der Waals surface area contributed by atoms with Crippen molar-refractivity contribution in [2.24, 2.45) is 0 Å². The summed E-state index contributed by atoms with van der Waals surface area (Å²) in [5.41, 5.74) is -1.92. The van der Waals surface area contributed by atoms with Gasteiger partial charge in [-0.15, -0.1) is 0 Å². The average molecular weight is 431 g/mol. The first-order chi connectivity index (χ1) is 13.8. The van der Waals surface area contributed by atoms with Gasteiger partial charge in [0.05, 0.1) is 16.9 Å². The third-order valence-corrected chi connectivity index (χ3v) is 3.71. The van der Waals surface area contributed by atoms with Crippen molar-refractivity contribution >= 4 is 29.3 Å². The number of rotatable bonds is 8. The molecule has 168 valence electrons. The van der Waals surface area contributed by atoms with Crippen LogP contribution in [0.2, 0.25) is 0 Å². The van der Waals surface area contributed by atoms with E-state index in [1.165, 1.54) is 6.92 Å². The summed E-state index contributed by atoms with van der Waals surface area (Å²) < 4.78 is 44.2. The monoisotopic (exact) mass is 431 g/mol. The summed E-state index contributed by atoms with van der Waals surface area (Å²) in [4.78, 5) is 34.9. The van der Waals surface area contributed by atoms with E-state index in [4.69, 9.17) is 4.74 Å². The highest BCUT2D eigenvalue weighted by atomic mass is 19.4. The Bertz CT molecular complexity index is 759. The maximum Gasteiger partial charge on any atom is 0.416 e. The molecule has 0 spiro atoms. The number of halogens is 3. The smallest absolute Gasteiger partial charge is 0.416 e. The molecule has 0 aromatic heterocycles. The molecule has 30 heavy (non-hydrogen) atoms. The minimum atomic E-state index is -4.60. The molecule has 0 saturated heterocycles. The Hall–Kier alpha value is -2.78. The van der Waals surface area contributed by atoms with Crippen LogP contribution in [0.15, 0.2) is 18.2 Å². The molecule has 0 saturated carbocycles. The van der Waals surface area contributed by atoms with Crippen molar-refractivity contribution in [3.05, 3.63) is 23.8 Å². The Morgan fingerprint density at radius 3 is 2.20 bits per heavy atom. The lowest BCUT2D eigenvalue weighted by Crippen LogP contribution is -2.27. The van der Waals surface area contributed by atoms with Crippen LogP contribution in [0.3, 0.4) is 0 Å². The Morgan fingerprint density at radius 1 is 0.967 bits per heavy atom. The molecule has 3 N–H and O–H groups in total. The van der Waals surface area contributed by atoms with Gasteiger partial charge in [0, 0.05) is 19.9 Å². The number of amides is 3. The fraction of sp³-hybridized carbons (Fsp3) is 0.550. The summed E-state index contributed by atoms with van der Waals surface area (Å²) in [6, 6.07) is 2.64. The first-order valence-corrected chi connectivity index (χ1v) is 9.53. The topological polar surface area (TPSA) is 96.5 Å². The van der Waals surface area contributed by atoms with Crippen LogP contribution in [0, 0.1) is 0 Å². The molecule has 0 aliphatic rings. The van der Waals surface area contributed by atoms with Crippen LogP contribution in [0.5, 0.6) is 0 Å². The predicted molar refractivity (Wildman–Crippen MR) is 107 cm³/mol. The molecule has 0 aliphatic carbocycles. The van der Waals surface area contributed by atoms with Gasteiger partial charge in [-0.25, -0.2) is 4.79 Å². The van der Waals surface area contributed by atoms with Gasteiger partial charge in [-0.2, -0.15) is 13.2 Å². The van der Waals surface area contributed by atoms with Gasteiger partial charge >= 0.3 is 12.3 Å². The lowest BCUT2D eigenvalue weighted by molar-refractivity contribution is -0.137. The quantitative estimate of drug-likeness (QED) is 0.521. The third kappa shape index (κ3) is 10.1. The number of ether oxygens (including phenoxy) is 1. The SMILES string of the molecule is CC(=O)NCCCCCC(=O)Nc1cc(C(F)(F)F)ccc1NC(=O)OC(C)(C)C. The molecule has 0 unspecified atom stereocenters. The molecule has 1 aromatic rings. The molecule has 0 aliphatic heterocycles. The van der Waals surface area contributed by atoms with Crippen molar-refractivity contribution in [3.63, 3.8) is 0 Å². The lowest BCUT2D eigenvalue weighted by atomic mass is 10.1. The lowest BCUT2D eigenvalue weighted by Gasteiger charge is -2.21. The zero-order valence-electron chi connectivity index (χ0n) is 17.5. The molecule has 10 heteroatoms. The molecular weight excluding hydrogens is 403 g/mol. The van der Waals surface area contributed by atoms with Crippen molar-refractivity contribution in [2.45, 2.75) is 65.2 Å². The molecule has 1 rings (SSSR count). The second kappa shape index (κ2) is 10.8. The normalized spacial score (nSPS) is 11.6. The van der Waals surface area contributed by atoms with E-state index in [0.717, 1.165) is 18.2 Å². The molecule has 0 heterocycles. The zero-order chi connectivity index (χ0) is 22.9. The van der Waals surface area contributed by atoms with Gasteiger partial charge in [0.1, 0.15) is 5.60 Å². The van der Waals surface area contributed by atoms with Gasteiger partial charge < -0.3 is 15.4 Å². The zero-order valence-corrected chi connectivity index (χ0v) is 17.5. The second-order valence-corrected chi connectivity index (χ2v) is 7.73. The predicted octanol–water partition coefficient (Wildman–Crippen LogP) is 4.69. The molecule has 7 nitrogen and oxygen atoms in total. The van der Waals surface area contributed by atoms with E-state index in [-0.39, 0.29) is 23.7 Å². The van der Waals surface area contributed by atoms with E-state index in [1.807, 2.05) is 0 Å². The summed E-state index contributed by atoms with van der Waals surface area (Å²) >= 11 is 0. The van der Waals surface area contributed by atoms with Crippen molar-refractivity contribution in [2.75, 3.05) is 17.2 Å². The van der Waals surface area contributed by atoms with Crippen LogP contribution in [-0.2, 0) is 20.5 Å². The Labute approximate surface area is 173 Å². The highest BCUT2D eigenvalue weighted by Crippen LogP contribution is 2.34.